The molecule has 0 spiro atoms. The molecule has 1 N–H and O–H groups in total. The second-order valence-corrected chi connectivity index (χ2v) is 6.51. The lowest BCUT2D eigenvalue weighted by atomic mass is 10.1. The predicted molar refractivity (Wildman–Crippen MR) is 85.6 cm³/mol. The minimum atomic E-state index is 0.690. The Kier molecular flexibility index (Phi) is 4.20. The fourth-order valence-corrected chi connectivity index (χ4v) is 3.97. The highest BCUT2D eigenvalue weighted by Crippen LogP contribution is 2.33. The molecule has 20 heavy (non-hydrogen) atoms. The van der Waals surface area contributed by atoms with Crippen LogP contribution in [0.3, 0.4) is 0 Å². The molecular weight excluding hydrogens is 270 g/mol. The molecule has 0 aromatic heterocycles. The number of rotatable bonds is 3. The van der Waals surface area contributed by atoms with Gasteiger partial charge in [0.2, 0.25) is 0 Å². The third kappa shape index (κ3) is 2.67. The Labute approximate surface area is 126 Å². The molecule has 4 heteroatoms. The van der Waals surface area contributed by atoms with Crippen LogP contribution in [0.15, 0.2) is 18.2 Å². The fraction of sp³-hybridized carbons (Fsp3) is 0.625. The van der Waals surface area contributed by atoms with E-state index in [0.29, 0.717) is 6.04 Å². The molecular formula is C16H24ClN3. The average molecular weight is 294 g/mol. The van der Waals surface area contributed by atoms with E-state index in [1.165, 1.54) is 30.5 Å². The van der Waals surface area contributed by atoms with E-state index in [9.17, 15) is 0 Å². The van der Waals surface area contributed by atoms with E-state index in [4.69, 9.17) is 11.6 Å². The van der Waals surface area contributed by atoms with Gasteiger partial charge in [0.1, 0.15) is 0 Å². The number of hydrogen-bond acceptors (Lipinski definition) is 3. The monoisotopic (exact) mass is 293 g/mol. The maximum atomic E-state index is 6.51. The Morgan fingerprint density at radius 2 is 2.05 bits per heavy atom. The van der Waals surface area contributed by atoms with Gasteiger partial charge in [-0.1, -0.05) is 17.7 Å². The topological polar surface area (TPSA) is 18.5 Å². The van der Waals surface area contributed by atoms with Gasteiger partial charge in [0.15, 0.2) is 0 Å². The summed E-state index contributed by atoms with van der Waals surface area (Å²) in [7, 11) is 4.24. The highest BCUT2D eigenvalue weighted by molar-refractivity contribution is 6.33. The molecule has 2 aliphatic rings. The van der Waals surface area contributed by atoms with Crippen LogP contribution in [0.1, 0.15) is 24.8 Å². The van der Waals surface area contributed by atoms with Crippen molar-refractivity contribution in [1.82, 2.24) is 10.2 Å². The molecule has 2 atom stereocenters. The number of nitrogens with one attached hydrogen (secondary N) is 1. The van der Waals surface area contributed by atoms with Crippen molar-refractivity contribution in [2.24, 2.45) is 0 Å². The summed E-state index contributed by atoms with van der Waals surface area (Å²) in [4.78, 5) is 5.05. The van der Waals surface area contributed by atoms with Crippen molar-refractivity contribution in [2.75, 3.05) is 32.1 Å². The van der Waals surface area contributed by atoms with Gasteiger partial charge in [-0.2, -0.15) is 0 Å². The van der Waals surface area contributed by atoms with Gasteiger partial charge in [-0.15, -0.1) is 0 Å². The molecule has 2 heterocycles. The minimum absolute atomic E-state index is 0.690. The Bertz CT molecular complexity index is 477. The highest BCUT2D eigenvalue weighted by atomic mass is 35.5. The number of hydrogen-bond donors (Lipinski definition) is 1. The number of halogens is 1. The van der Waals surface area contributed by atoms with Crippen LogP contribution in [0.25, 0.3) is 0 Å². The molecule has 0 radical (unpaired) electrons. The summed E-state index contributed by atoms with van der Waals surface area (Å²) in [6.45, 7) is 3.10. The molecule has 110 valence electrons. The van der Waals surface area contributed by atoms with Crippen molar-refractivity contribution >= 4 is 17.3 Å². The van der Waals surface area contributed by atoms with E-state index >= 15 is 0 Å². The fourth-order valence-electron chi connectivity index (χ4n) is 3.65. The Morgan fingerprint density at radius 3 is 2.80 bits per heavy atom. The standard InChI is InChI=1S/C16H24ClN3/c1-18-10-12-3-6-16(15(17)9-12)20-8-7-13-4-5-14(11-20)19(13)2/h3,6,9,13-14,18H,4-5,7-8,10-11H2,1-2H3. The first kappa shape index (κ1) is 14.2. The van der Waals surface area contributed by atoms with E-state index in [0.717, 1.165) is 30.7 Å². The molecule has 1 aromatic rings. The summed E-state index contributed by atoms with van der Waals surface area (Å²) >= 11 is 6.51. The molecule has 2 unspecified atom stereocenters. The lowest BCUT2D eigenvalue weighted by Crippen LogP contribution is -2.36. The normalized spacial score (nSPS) is 26.9. The lowest BCUT2D eigenvalue weighted by Gasteiger charge is -2.28. The van der Waals surface area contributed by atoms with Crippen molar-refractivity contribution in [3.05, 3.63) is 28.8 Å². The molecule has 2 saturated heterocycles. The number of anilines is 1. The maximum absolute atomic E-state index is 6.51. The summed E-state index contributed by atoms with van der Waals surface area (Å²) in [5.74, 6) is 0. The van der Waals surface area contributed by atoms with Crippen LogP contribution in [0.2, 0.25) is 5.02 Å². The molecule has 0 aliphatic carbocycles. The molecule has 3 nitrogen and oxygen atoms in total. The second kappa shape index (κ2) is 5.92. The third-order valence-electron chi connectivity index (χ3n) is 4.88. The molecule has 0 saturated carbocycles. The Hall–Kier alpha value is -0.770. The van der Waals surface area contributed by atoms with Gasteiger partial charge in [0.05, 0.1) is 10.7 Å². The average Bonchev–Trinajstić information content (AvgIpc) is 2.65. The Morgan fingerprint density at radius 1 is 1.25 bits per heavy atom. The van der Waals surface area contributed by atoms with Crippen LogP contribution in [0.4, 0.5) is 5.69 Å². The van der Waals surface area contributed by atoms with Gasteiger partial charge < -0.3 is 10.2 Å². The summed E-state index contributed by atoms with van der Waals surface area (Å²) in [5.41, 5.74) is 2.45. The van der Waals surface area contributed by atoms with E-state index in [2.05, 4.69) is 40.4 Å². The van der Waals surface area contributed by atoms with Crippen molar-refractivity contribution in [2.45, 2.75) is 37.9 Å². The van der Waals surface area contributed by atoms with Gasteiger partial charge in [-0.3, -0.25) is 4.90 Å². The van der Waals surface area contributed by atoms with Crippen LogP contribution in [-0.4, -0.2) is 44.2 Å². The quantitative estimate of drug-likeness (QED) is 0.924. The molecule has 2 bridgehead atoms. The second-order valence-electron chi connectivity index (χ2n) is 6.10. The molecule has 1 aromatic carbocycles. The smallest absolute Gasteiger partial charge is 0.0642 e. The van der Waals surface area contributed by atoms with Crippen LogP contribution in [-0.2, 0) is 6.54 Å². The SMILES string of the molecule is CNCc1ccc(N2CCC3CCC(C2)N3C)c(Cl)c1. The van der Waals surface area contributed by atoms with Gasteiger partial charge in [0.25, 0.3) is 0 Å². The number of likely N-dealkylation sites (N-methyl/N-ethyl adjacent to an activating group) is 1. The summed E-state index contributed by atoms with van der Waals surface area (Å²) in [6, 6.07) is 7.93. The van der Waals surface area contributed by atoms with Gasteiger partial charge in [-0.25, -0.2) is 0 Å². The number of fused-ring (bicyclic) bond motifs is 2. The van der Waals surface area contributed by atoms with Gasteiger partial charge in [0, 0.05) is 31.7 Å². The van der Waals surface area contributed by atoms with Crippen LogP contribution < -0.4 is 10.2 Å². The van der Waals surface area contributed by atoms with E-state index in [-0.39, 0.29) is 0 Å². The van der Waals surface area contributed by atoms with Gasteiger partial charge >= 0.3 is 0 Å². The lowest BCUT2D eigenvalue weighted by molar-refractivity contribution is 0.254. The number of nitrogens with zero attached hydrogens (tertiary/aromatic N) is 2. The minimum Gasteiger partial charge on any atom is -0.369 e. The van der Waals surface area contributed by atoms with Gasteiger partial charge in [-0.05, 0) is 51.1 Å². The van der Waals surface area contributed by atoms with Crippen molar-refractivity contribution in [1.29, 1.82) is 0 Å². The Balaban J connectivity index is 1.79. The molecule has 3 rings (SSSR count). The maximum Gasteiger partial charge on any atom is 0.0642 e. The summed E-state index contributed by atoms with van der Waals surface area (Å²) < 4.78 is 0. The zero-order chi connectivity index (χ0) is 14.1. The number of benzene rings is 1. The van der Waals surface area contributed by atoms with E-state index in [1.54, 1.807) is 0 Å². The first-order valence-corrected chi connectivity index (χ1v) is 7.96. The zero-order valence-corrected chi connectivity index (χ0v) is 13.2. The summed E-state index contributed by atoms with van der Waals surface area (Å²) in [6.07, 6.45) is 3.94. The summed E-state index contributed by atoms with van der Waals surface area (Å²) in [5, 5.41) is 4.06. The van der Waals surface area contributed by atoms with Crippen molar-refractivity contribution in [3.8, 4) is 0 Å². The van der Waals surface area contributed by atoms with Crippen LogP contribution in [0.5, 0.6) is 0 Å². The zero-order valence-electron chi connectivity index (χ0n) is 12.4. The highest BCUT2D eigenvalue weighted by Gasteiger charge is 2.34. The predicted octanol–water partition coefficient (Wildman–Crippen LogP) is 2.73. The van der Waals surface area contributed by atoms with E-state index in [1.807, 2.05) is 7.05 Å². The molecule has 2 fully saturated rings. The first-order chi connectivity index (χ1) is 9.69. The third-order valence-corrected chi connectivity index (χ3v) is 5.18. The van der Waals surface area contributed by atoms with Crippen LogP contribution >= 0.6 is 11.6 Å². The van der Waals surface area contributed by atoms with Crippen molar-refractivity contribution < 1.29 is 0 Å². The van der Waals surface area contributed by atoms with E-state index < -0.39 is 0 Å². The molecule has 2 aliphatic heterocycles. The molecule has 0 amide bonds. The largest absolute Gasteiger partial charge is 0.369 e. The first-order valence-electron chi connectivity index (χ1n) is 7.59. The van der Waals surface area contributed by atoms with Crippen molar-refractivity contribution in [3.63, 3.8) is 0 Å². The van der Waals surface area contributed by atoms with Crippen LogP contribution in [0, 0.1) is 0 Å².